The van der Waals surface area contributed by atoms with Gasteiger partial charge in [0, 0.05) is 21.7 Å². The molecule has 1 aliphatic heterocycles. The highest BCUT2D eigenvalue weighted by molar-refractivity contribution is 9.10. The van der Waals surface area contributed by atoms with Crippen molar-refractivity contribution in [3.8, 4) is 11.3 Å². The van der Waals surface area contributed by atoms with Crippen molar-refractivity contribution >= 4 is 44.7 Å². The Morgan fingerprint density at radius 2 is 1.65 bits per heavy atom. The molecule has 128 valence electrons. The Morgan fingerprint density at radius 1 is 0.962 bits per heavy atom. The largest absolute Gasteiger partial charge is 0.457 e. The molecule has 1 amide bonds. The van der Waals surface area contributed by atoms with Crippen molar-refractivity contribution in [2.75, 3.05) is 0 Å². The number of hydrogen-bond donors (Lipinski definition) is 0. The molecule has 3 aromatic rings. The molecule has 0 saturated heterocycles. The second-order valence-corrected chi connectivity index (χ2v) is 7.85. The van der Waals surface area contributed by atoms with Crippen LogP contribution in [0.2, 0.25) is 0 Å². The minimum atomic E-state index is -0.229. The molecule has 0 atom stereocenters. The summed E-state index contributed by atoms with van der Waals surface area (Å²) in [5, 5.41) is 0.723. The summed E-state index contributed by atoms with van der Waals surface area (Å²) in [7, 11) is 0. The molecule has 5 heteroatoms. The Balaban J connectivity index is 1.55. The number of carbonyl (C=O) groups excluding carboxylic acids is 1. The van der Waals surface area contributed by atoms with E-state index in [1.807, 2.05) is 67.6 Å². The number of rotatable bonds is 3. The molecule has 0 radical (unpaired) electrons. The van der Waals surface area contributed by atoms with E-state index in [9.17, 15) is 4.79 Å². The maximum atomic E-state index is 12.2. The van der Waals surface area contributed by atoms with E-state index in [4.69, 9.17) is 4.42 Å². The fraction of sp³-hybridized carbons (Fsp3) is 0.0476. The smallest absolute Gasteiger partial charge is 0.285 e. The van der Waals surface area contributed by atoms with Crippen molar-refractivity contribution in [1.82, 2.24) is 0 Å². The van der Waals surface area contributed by atoms with Gasteiger partial charge in [-0.15, -0.1) is 0 Å². The van der Waals surface area contributed by atoms with Crippen molar-refractivity contribution < 1.29 is 9.21 Å². The van der Waals surface area contributed by atoms with E-state index in [-0.39, 0.29) is 5.91 Å². The Hall–Kier alpha value is -2.37. The van der Waals surface area contributed by atoms with Gasteiger partial charge in [0.1, 0.15) is 16.6 Å². The summed E-state index contributed by atoms with van der Waals surface area (Å²) >= 11 is 4.80. The first-order valence-electron chi connectivity index (χ1n) is 8.04. The molecule has 0 fully saturated rings. The van der Waals surface area contributed by atoms with E-state index < -0.39 is 0 Å². The van der Waals surface area contributed by atoms with Gasteiger partial charge in [0.15, 0.2) is 0 Å². The third-order valence-corrected chi connectivity index (χ3v) is 5.51. The summed E-state index contributed by atoms with van der Waals surface area (Å²) in [6.45, 7) is 2.03. The molecule has 26 heavy (non-hydrogen) atoms. The zero-order valence-electron chi connectivity index (χ0n) is 13.9. The van der Waals surface area contributed by atoms with Gasteiger partial charge >= 0.3 is 0 Å². The topological polar surface area (TPSA) is 42.6 Å². The molecular formula is C21H14BrNO2S. The van der Waals surface area contributed by atoms with E-state index >= 15 is 0 Å². The first kappa shape index (κ1) is 17.1. The number of aryl methyl sites for hydroxylation is 1. The molecule has 2 aromatic carbocycles. The highest BCUT2D eigenvalue weighted by Crippen LogP contribution is 2.33. The van der Waals surface area contributed by atoms with Crippen molar-refractivity contribution in [2.45, 2.75) is 6.92 Å². The Labute approximate surface area is 164 Å². The Kier molecular flexibility index (Phi) is 4.66. The van der Waals surface area contributed by atoms with Gasteiger partial charge in [0.25, 0.3) is 5.91 Å². The van der Waals surface area contributed by atoms with Crippen LogP contribution in [0.5, 0.6) is 0 Å². The van der Waals surface area contributed by atoms with Gasteiger partial charge in [-0.3, -0.25) is 4.79 Å². The monoisotopic (exact) mass is 423 g/mol. The van der Waals surface area contributed by atoms with Crippen molar-refractivity contribution in [2.24, 2.45) is 4.99 Å². The number of aliphatic imine (C=N–C) groups is 1. The van der Waals surface area contributed by atoms with Crippen LogP contribution >= 0.6 is 27.7 Å². The summed E-state index contributed by atoms with van der Waals surface area (Å²) in [6.07, 6.45) is 1.75. The molecule has 0 bridgehead atoms. The highest BCUT2D eigenvalue weighted by atomic mass is 79.9. The number of furan rings is 1. The van der Waals surface area contributed by atoms with Crippen LogP contribution in [0.1, 0.15) is 16.9 Å². The van der Waals surface area contributed by atoms with Gasteiger partial charge in [0.05, 0.1) is 4.91 Å². The van der Waals surface area contributed by atoms with Crippen LogP contribution in [-0.2, 0) is 4.79 Å². The summed E-state index contributed by atoms with van der Waals surface area (Å²) in [6, 6.07) is 19.7. The molecule has 1 aliphatic rings. The number of nitrogens with zero attached hydrogens (tertiary/aromatic N) is 1. The molecule has 4 rings (SSSR count). The number of thioether (sulfide) groups is 1. The fourth-order valence-electron chi connectivity index (χ4n) is 2.56. The van der Waals surface area contributed by atoms with E-state index in [0.29, 0.717) is 10.7 Å². The maximum Gasteiger partial charge on any atom is 0.285 e. The summed E-state index contributed by atoms with van der Waals surface area (Å²) in [5.74, 6) is 1.17. The molecule has 0 unspecified atom stereocenters. The van der Waals surface area contributed by atoms with Gasteiger partial charge < -0.3 is 4.42 Å². The molecular weight excluding hydrogens is 410 g/mol. The van der Waals surface area contributed by atoms with E-state index in [2.05, 4.69) is 20.9 Å². The van der Waals surface area contributed by atoms with E-state index in [0.717, 1.165) is 26.4 Å². The van der Waals surface area contributed by atoms with Gasteiger partial charge in [0.2, 0.25) is 0 Å². The summed E-state index contributed by atoms with van der Waals surface area (Å²) < 4.78 is 6.89. The highest BCUT2D eigenvalue weighted by Gasteiger charge is 2.23. The molecule has 0 spiro atoms. The average molecular weight is 424 g/mol. The molecule has 3 nitrogen and oxygen atoms in total. The van der Waals surface area contributed by atoms with Crippen LogP contribution in [0.15, 0.2) is 79.5 Å². The number of benzene rings is 2. The zero-order chi connectivity index (χ0) is 18.1. The summed E-state index contributed by atoms with van der Waals surface area (Å²) in [4.78, 5) is 17.0. The Bertz CT molecular complexity index is 1030. The fourth-order valence-corrected chi connectivity index (χ4v) is 3.72. The van der Waals surface area contributed by atoms with Crippen molar-refractivity contribution in [3.05, 3.63) is 86.9 Å². The van der Waals surface area contributed by atoms with Gasteiger partial charge in [-0.2, -0.15) is 0 Å². The van der Waals surface area contributed by atoms with Crippen LogP contribution in [0.3, 0.4) is 0 Å². The predicted molar refractivity (Wildman–Crippen MR) is 110 cm³/mol. The molecule has 0 aliphatic carbocycles. The van der Waals surface area contributed by atoms with E-state index in [1.54, 1.807) is 6.08 Å². The van der Waals surface area contributed by atoms with Gasteiger partial charge in [-0.05, 0) is 31.2 Å². The molecule has 0 saturated carbocycles. The number of carbonyl (C=O) groups is 1. The third-order valence-electron chi connectivity index (χ3n) is 3.95. The zero-order valence-corrected chi connectivity index (χ0v) is 16.3. The second-order valence-electron chi connectivity index (χ2n) is 5.91. The minimum Gasteiger partial charge on any atom is -0.457 e. The first-order chi connectivity index (χ1) is 12.6. The third kappa shape index (κ3) is 3.59. The first-order valence-corrected chi connectivity index (χ1v) is 9.65. The average Bonchev–Trinajstić information content (AvgIpc) is 3.24. The number of amides is 1. The van der Waals surface area contributed by atoms with Crippen LogP contribution < -0.4 is 0 Å². The Morgan fingerprint density at radius 3 is 2.38 bits per heavy atom. The van der Waals surface area contributed by atoms with Crippen LogP contribution in [0, 0.1) is 6.92 Å². The predicted octanol–water partition coefficient (Wildman–Crippen LogP) is 6.08. The molecule has 2 heterocycles. The van der Waals surface area contributed by atoms with Crippen LogP contribution in [0.4, 0.5) is 0 Å². The molecule has 1 aromatic heterocycles. The lowest BCUT2D eigenvalue weighted by atomic mass is 10.2. The SMILES string of the molecule is Cc1ccc(C2=NC(=O)/C(=C\c3ccc(-c4ccc(Br)cc4)o3)S2)cc1. The standard InChI is InChI=1S/C21H14BrNO2S/c1-13-2-4-15(5-3-13)21-23-20(24)19(26-21)12-17-10-11-18(25-17)14-6-8-16(22)9-7-14/h2-12H,1H3/b19-12+. The second kappa shape index (κ2) is 7.09. The van der Waals surface area contributed by atoms with Crippen molar-refractivity contribution in [1.29, 1.82) is 0 Å². The maximum absolute atomic E-state index is 12.2. The number of hydrogen-bond acceptors (Lipinski definition) is 3. The lowest BCUT2D eigenvalue weighted by Gasteiger charge is -1.99. The summed E-state index contributed by atoms with van der Waals surface area (Å²) in [5.41, 5.74) is 3.11. The van der Waals surface area contributed by atoms with Crippen molar-refractivity contribution in [3.63, 3.8) is 0 Å². The van der Waals surface area contributed by atoms with Gasteiger partial charge in [-0.1, -0.05) is 69.7 Å². The van der Waals surface area contributed by atoms with E-state index in [1.165, 1.54) is 17.3 Å². The number of halogens is 1. The van der Waals surface area contributed by atoms with Gasteiger partial charge in [-0.25, -0.2) is 4.99 Å². The lowest BCUT2D eigenvalue weighted by Crippen LogP contribution is -1.90. The quantitative estimate of drug-likeness (QED) is 0.479. The lowest BCUT2D eigenvalue weighted by molar-refractivity contribution is -0.113. The normalized spacial score (nSPS) is 15.5. The molecule has 0 N–H and O–H groups in total. The van der Waals surface area contributed by atoms with Crippen LogP contribution in [0.25, 0.3) is 17.4 Å². The minimum absolute atomic E-state index is 0.229. The van der Waals surface area contributed by atoms with Crippen LogP contribution in [-0.4, -0.2) is 11.0 Å².